The molecule has 1 N–H and O–H groups in total. The van der Waals surface area contributed by atoms with Crippen molar-refractivity contribution in [3.8, 4) is 17.1 Å². The molecule has 0 aliphatic heterocycles. The van der Waals surface area contributed by atoms with Crippen molar-refractivity contribution >= 4 is 34.7 Å². The zero-order valence-electron chi connectivity index (χ0n) is 21.4. The summed E-state index contributed by atoms with van der Waals surface area (Å²) in [6.45, 7) is 4.33. The normalized spacial score (nSPS) is 10.9. The molecular formula is C31H29N5OS. The summed E-state index contributed by atoms with van der Waals surface area (Å²) in [4.78, 5) is 15.1. The Balaban J connectivity index is 1.29. The summed E-state index contributed by atoms with van der Waals surface area (Å²) in [5.74, 6) is 0.850. The van der Waals surface area contributed by atoms with Crippen molar-refractivity contribution < 1.29 is 4.79 Å². The molecule has 0 saturated heterocycles. The molecule has 0 saturated carbocycles. The highest BCUT2D eigenvalue weighted by Crippen LogP contribution is 2.30. The van der Waals surface area contributed by atoms with Crippen LogP contribution in [0.1, 0.15) is 13.8 Å². The van der Waals surface area contributed by atoms with E-state index >= 15 is 0 Å². The average Bonchev–Trinajstić information content (AvgIpc) is 3.38. The Morgan fingerprint density at radius 1 is 0.789 bits per heavy atom. The lowest BCUT2D eigenvalue weighted by molar-refractivity contribution is -0.113. The minimum absolute atomic E-state index is 0.101. The molecule has 38 heavy (non-hydrogen) atoms. The van der Waals surface area contributed by atoms with Crippen LogP contribution in [0, 0.1) is 0 Å². The van der Waals surface area contributed by atoms with Gasteiger partial charge in [-0.3, -0.25) is 9.36 Å². The van der Waals surface area contributed by atoms with Crippen molar-refractivity contribution in [2.24, 2.45) is 0 Å². The molecular weight excluding hydrogens is 490 g/mol. The number of para-hydroxylation sites is 2. The fraction of sp³-hybridized carbons (Fsp3) is 0.129. The lowest BCUT2D eigenvalue weighted by Crippen LogP contribution is -2.25. The number of anilines is 3. The van der Waals surface area contributed by atoms with Gasteiger partial charge in [0.25, 0.3) is 0 Å². The summed E-state index contributed by atoms with van der Waals surface area (Å²) in [7, 11) is 0. The first-order valence-electron chi connectivity index (χ1n) is 12.5. The summed E-state index contributed by atoms with van der Waals surface area (Å²) in [6, 6.07) is 38.4. The van der Waals surface area contributed by atoms with E-state index in [2.05, 4.69) is 46.4 Å². The average molecular weight is 520 g/mol. The van der Waals surface area contributed by atoms with Gasteiger partial charge in [0, 0.05) is 34.4 Å². The predicted molar refractivity (Wildman–Crippen MR) is 156 cm³/mol. The summed E-state index contributed by atoms with van der Waals surface area (Å²) >= 11 is 1.36. The van der Waals surface area contributed by atoms with Gasteiger partial charge >= 0.3 is 0 Å². The smallest absolute Gasteiger partial charge is 0.234 e. The molecule has 5 rings (SSSR count). The molecule has 1 aromatic heterocycles. The van der Waals surface area contributed by atoms with E-state index in [-0.39, 0.29) is 17.7 Å². The van der Waals surface area contributed by atoms with Crippen LogP contribution < -0.4 is 10.2 Å². The number of nitrogens with zero attached hydrogens (tertiary/aromatic N) is 4. The zero-order chi connectivity index (χ0) is 26.3. The molecule has 6 nitrogen and oxygen atoms in total. The van der Waals surface area contributed by atoms with Crippen LogP contribution in [0.5, 0.6) is 0 Å². The molecule has 7 heteroatoms. The second kappa shape index (κ2) is 11.8. The summed E-state index contributed by atoms with van der Waals surface area (Å²) in [6.07, 6.45) is 0. The Morgan fingerprint density at radius 3 is 2.00 bits per heavy atom. The van der Waals surface area contributed by atoms with Gasteiger partial charge in [-0.15, -0.1) is 10.2 Å². The summed E-state index contributed by atoms with van der Waals surface area (Å²) < 4.78 is 1.99. The second-order valence-corrected chi connectivity index (χ2v) is 9.97. The quantitative estimate of drug-likeness (QED) is 0.209. The maximum atomic E-state index is 12.9. The van der Waals surface area contributed by atoms with Crippen molar-refractivity contribution in [1.82, 2.24) is 14.8 Å². The molecule has 190 valence electrons. The molecule has 4 aromatic carbocycles. The maximum absolute atomic E-state index is 12.9. The van der Waals surface area contributed by atoms with Crippen LogP contribution in [-0.4, -0.2) is 32.5 Å². The largest absolute Gasteiger partial charge is 0.339 e. The van der Waals surface area contributed by atoms with E-state index in [4.69, 9.17) is 0 Å². The van der Waals surface area contributed by atoms with Gasteiger partial charge in [-0.1, -0.05) is 78.5 Å². The molecule has 1 amide bonds. The minimum atomic E-state index is -0.101. The van der Waals surface area contributed by atoms with Gasteiger partial charge in [0.15, 0.2) is 11.0 Å². The fourth-order valence-electron chi connectivity index (χ4n) is 4.31. The second-order valence-electron chi connectivity index (χ2n) is 9.03. The van der Waals surface area contributed by atoms with E-state index in [1.165, 1.54) is 11.8 Å². The number of rotatable bonds is 9. The van der Waals surface area contributed by atoms with Gasteiger partial charge in [-0.2, -0.15) is 0 Å². The number of carbonyl (C=O) groups is 1. The van der Waals surface area contributed by atoms with Crippen molar-refractivity contribution in [2.45, 2.75) is 25.0 Å². The number of nitrogens with one attached hydrogen (secondary N) is 1. The van der Waals surface area contributed by atoms with Gasteiger partial charge in [-0.05, 0) is 62.4 Å². The van der Waals surface area contributed by atoms with E-state index < -0.39 is 0 Å². The number of hydrogen-bond donors (Lipinski definition) is 1. The van der Waals surface area contributed by atoms with Crippen LogP contribution in [0.25, 0.3) is 17.1 Å². The number of hydrogen-bond acceptors (Lipinski definition) is 5. The first-order valence-corrected chi connectivity index (χ1v) is 13.5. The van der Waals surface area contributed by atoms with Crippen LogP contribution in [0.2, 0.25) is 0 Å². The first-order chi connectivity index (χ1) is 18.6. The van der Waals surface area contributed by atoms with Crippen LogP contribution in [0.15, 0.2) is 120 Å². The van der Waals surface area contributed by atoms with Gasteiger partial charge < -0.3 is 10.2 Å². The predicted octanol–water partition coefficient (Wildman–Crippen LogP) is 7.21. The van der Waals surface area contributed by atoms with Crippen LogP contribution >= 0.6 is 11.8 Å². The van der Waals surface area contributed by atoms with E-state index in [1.807, 2.05) is 108 Å². The maximum Gasteiger partial charge on any atom is 0.234 e. The highest BCUT2D eigenvalue weighted by atomic mass is 32.2. The topological polar surface area (TPSA) is 63.1 Å². The monoisotopic (exact) mass is 519 g/mol. The number of carbonyl (C=O) groups excluding carboxylic acids is 1. The number of benzene rings is 4. The Bertz CT molecular complexity index is 1470. The molecule has 0 bridgehead atoms. The molecule has 0 radical (unpaired) electrons. The van der Waals surface area contributed by atoms with E-state index in [1.54, 1.807) is 0 Å². The van der Waals surface area contributed by atoms with Gasteiger partial charge in [-0.25, -0.2) is 0 Å². The molecule has 0 spiro atoms. The lowest BCUT2D eigenvalue weighted by Gasteiger charge is -2.29. The van der Waals surface area contributed by atoms with Crippen LogP contribution in [0.4, 0.5) is 17.1 Å². The Hall–Kier alpha value is -4.36. The molecule has 0 atom stereocenters. The standard InChI is InChI=1S/C31H29N5OS/c1-23(2)35(26-14-8-4-9-15-26)28-20-18-25(19-21-28)32-29(37)22-38-31-34-33-30(24-12-6-3-7-13-24)36(31)27-16-10-5-11-17-27/h3-21,23H,22H2,1-2H3,(H,32,37). The van der Waals surface area contributed by atoms with Crippen molar-refractivity contribution in [3.05, 3.63) is 115 Å². The number of amides is 1. The molecule has 0 aliphatic carbocycles. The third-order valence-electron chi connectivity index (χ3n) is 5.99. The Kier molecular flexibility index (Phi) is 7.85. The summed E-state index contributed by atoms with van der Waals surface area (Å²) in [5.41, 5.74) is 4.87. The zero-order valence-corrected chi connectivity index (χ0v) is 22.2. The fourth-order valence-corrected chi connectivity index (χ4v) is 5.07. The molecule has 0 unspecified atom stereocenters. The lowest BCUT2D eigenvalue weighted by atomic mass is 10.2. The van der Waals surface area contributed by atoms with Crippen LogP contribution in [-0.2, 0) is 4.79 Å². The molecule has 5 aromatic rings. The molecule has 1 heterocycles. The molecule has 0 aliphatic rings. The SMILES string of the molecule is CC(C)N(c1ccccc1)c1ccc(NC(=O)CSc2nnc(-c3ccccc3)n2-c2ccccc2)cc1. The minimum Gasteiger partial charge on any atom is -0.339 e. The third-order valence-corrected chi connectivity index (χ3v) is 6.92. The number of aromatic nitrogens is 3. The Labute approximate surface area is 227 Å². The highest BCUT2D eigenvalue weighted by molar-refractivity contribution is 7.99. The van der Waals surface area contributed by atoms with Crippen molar-refractivity contribution in [2.75, 3.05) is 16.0 Å². The Morgan fingerprint density at radius 2 is 1.37 bits per heavy atom. The highest BCUT2D eigenvalue weighted by Gasteiger charge is 2.17. The number of thioether (sulfide) groups is 1. The third kappa shape index (κ3) is 5.79. The van der Waals surface area contributed by atoms with Gasteiger partial charge in [0.1, 0.15) is 0 Å². The summed E-state index contributed by atoms with van der Waals surface area (Å²) in [5, 5.41) is 12.5. The van der Waals surface area contributed by atoms with Crippen molar-refractivity contribution in [1.29, 1.82) is 0 Å². The van der Waals surface area contributed by atoms with Gasteiger partial charge in [0.2, 0.25) is 5.91 Å². The van der Waals surface area contributed by atoms with E-state index in [9.17, 15) is 4.79 Å². The van der Waals surface area contributed by atoms with Crippen LogP contribution in [0.3, 0.4) is 0 Å². The molecule has 0 fully saturated rings. The van der Waals surface area contributed by atoms with E-state index in [0.717, 1.165) is 34.1 Å². The first kappa shape index (κ1) is 25.3. The van der Waals surface area contributed by atoms with Crippen molar-refractivity contribution in [3.63, 3.8) is 0 Å². The van der Waals surface area contributed by atoms with E-state index in [0.29, 0.717) is 5.16 Å². The van der Waals surface area contributed by atoms with Gasteiger partial charge in [0.05, 0.1) is 5.75 Å².